The molecule has 0 saturated carbocycles. The SMILES string of the molecule is Cc1cc(OC(C)(C)C)c(C)c(C)c1OC(C)(C)C. The van der Waals surface area contributed by atoms with Crippen LogP contribution in [0.1, 0.15) is 58.2 Å². The van der Waals surface area contributed by atoms with Crippen LogP contribution in [0.3, 0.4) is 0 Å². The predicted octanol–water partition coefficient (Wildman–Crippen LogP) is 4.97. The van der Waals surface area contributed by atoms with Gasteiger partial charge in [0, 0.05) is 0 Å². The molecule has 0 aromatic heterocycles. The Hall–Kier alpha value is -1.18. The van der Waals surface area contributed by atoms with Crippen LogP contribution in [0.4, 0.5) is 0 Å². The van der Waals surface area contributed by atoms with Crippen molar-refractivity contribution in [3.8, 4) is 11.5 Å². The summed E-state index contributed by atoms with van der Waals surface area (Å²) in [6.45, 7) is 18.7. The lowest BCUT2D eigenvalue weighted by Gasteiger charge is -2.28. The second-order valence-corrected chi connectivity index (χ2v) is 7.20. The van der Waals surface area contributed by atoms with Crippen molar-refractivity contribution in [1.29, 1.82) is 0 Å². The van der Waals surface area contributed by atoms with Gasteiger partial charge in [-0.25, -0.2) is 0 Å². The monoisotopic (exact) mass is 264 g/mol. The van der Waals surface area contributed by atoms with E-state index in [0.717, 1.165) is 28.2 Å². The standard InChI is InChI=1S/C17H28O2/c1-11-10-14(18-16(4,5)6)12(2)13(3)15(11)19-17(7,8)9/h10H,1-9H3. The van der Waals surface area contributed by atoms with Gasteiger partial charge in [0.05, 0.1) is 0 Å². The van der Waals surface area contributed by atoms with Gasteiger partial charge in [-0.05, 0) is 85.1 Å². The fourth-order valence-corrected chi connectivity index (χ4v) is 1.92. The van der Waals surface area contributed by atoms with Crippen molar-refractivity contribution >= 4 is 0 Å². The number of benzene rings is 1. The maximum Gasteiger partial charge on any atom is 0.126 e. The Bertz CT molecular complexity index is 460. The average Bonchev–Trinajstić information content (AvgIpc) is 2.17. The number of hydrogen-bond acceptors (Lipinski definition) is 2. The van der Waals surface area contributed by atoms with Crippen LogP contribution in [0.25, 0.3) is 0 Å². The molecular formula is C17H28O2. The molecule has 2 heteroatoms. The molecule has 1 aromatic rings. The van der Waals surface area contributed by atoms with Gasteiger partial charge in [0.1, 0.15) is 22.7 Å². The number of hydrogen-bond donors (Lipinski definition) is 0. The van der Waals surface area contributed by atoms with Gasteiger partial charge in [0.25, 0.3) is 0 Å². The van der Waals surface area contributed by atoms with Crippen LogP contribution in [0.2, 0.25) is 0 Å². The quantitative estimate of drug-likeness (QED) is 0.751. The van der Waals surface area contributed by atoms with Crippen LogP contribution >= 0.6 is 0 Å². The van der Waals surface area contributed by atoms with Crippen LogP contribution in [0.5, 0.6) is 11.5 Å². The molecule has 0 fully saturated rings. The van der Waals surface area contributed by atoms with Crippen molar-refractivity contribution in [3.05, 3.63) is 22.8 Å². The van der Waals surface area contributed by atoms with E-state index in [1.165, 1.54) is 0 Å². The van der Waals surface area contributed by atoms with E-state index in [-0.39, 0.29) is 11.2 Å². The summed E-state index contributed by atoms with van der Waals surface area (Å²) in [5, 5.41) is 0. The summed E-state index contributed by atoms with van der Waals surface area (Å²) in [5.74, 6) is 1.93. The molecule has 0 spiro atoms. The zero-order valence-corrected chi connectivity index (χ0v) is 13.9. The summed E-state index contributed by atoms with van der Waals surface area (Å²) in [7, 11) is 0. The Labute approximate surface area is 118 Å². The molecule has 0 saturated heterocycles. The van der Waals surface area contributed by atoms with Crippen molar-refractivity contribution in [1.82, 2.24) is 0 Å². The van der Waals surface area contributed by atoms with Gasteiger partial charge < -0.3 is 9.47 Å². The number of aryl methyl sites for hydroxylation is 1. The Morgan fingerprint density at radius 3 is 1.63 bits per heavy atom. The number of ether oxygens (including phenoxy) is 2. The van der Waals surface area contributed by atoms with Gasteiger partial charge in [0.15, 0.2) is 0 Å². The lowest BCUT2D eigenvalue weighted by molar-refractivity contribution is 0.122. The molecule has 1 rings (SSSR count). The smallest absolute Gasteiger partial charge is 0.126 e. The molecule has 0 aliphatic rings. The van der Waals surface area contributed by atoms with Gasteiger partial charge in [0.2, 0.25) is 0 Å². The van der Waals surface area contributed by atoms with Crippen molar-refractivity contribution in [2.75, 3.05) is 0 Å². The van der Waals surface area contributed by atoms with Crippen LogP contribution in [0.15, 0.2) is 6.07 Å². The second kappa shape index (κ2) is 5.07. The third kappa shape index (κ3) is 4.45. The Kier molecular flexibility index (Phi) is 4.23. The number of rotatable bonds is 2. The largest absolute Gasteiger partial charge is 0.488 e. The van der Waals surface area contributed by atoms with E-state index in [9.17, 15) is 0 Å². The minimum atomic E-state index is -0.186. The molecule has 0 amide bonds. The zero-order valence-electron chi connectivity index (χ0n) is 13.9. The van der Waals surface area contributed by atoms with Crippen molar-refractivity contribution in [2.24, 2.45) is 0 Å². The normalized spacial score (nSPS) is 12.5. The second-order valence-electron chi connectivity index (χ2n) is 7.20. The third-order valence-electron chi connectivity index (χ3n) is 2.80. The third-order valence-corrected chi connectivity index (χ3v) is 2.80. The van der Waals surface area contributed by atoms with Gasteiger partial charge in [-0.3, -0.25) is 0 Å². The maximum atomic E-state index is 6.07. The predicted molar refractivity (Wildman–Crippen MR) is 81.4 cm³/mol. The fourth-order valence-electron chi connectivity index (χ4n) is 1.92. The molecule has 0 N–H and O–H groups in total. The molecule has 108 valence electrons. The molecule has 0 heterocycles. The molecule has 0 unspecified atom stereocenters. The Morgan fingerprint density at radius 2 is 1.21 bits per heavy atom. The van der Waals surface area contributed by atoms with Crippen LogP contribution in [0, 0.1) is 20.8 Å². The summed E-state index contributed by atoms with van der Waals surface area (Å²) in [4.78, 5) is 0. The van der Waals surface area contributed by atoms with E-state index in [1.54, 1.807) is 0 Å². The molecule has 0 aliphatic heterocycles. The molecule has 0 aliphatic carbocycles. The van der Waals surface area contributed by atoms with Crippen molar-refractivity contribution in [3.63, 3.8) is 0 Å². The first-order chi connectivity index (χ1) is 8.41. The van der Waals surface area contributed by atoms with Crippen molar-refractivity contribution < 1.29 is 9.47 Å². The highest BCUT2D eigenvalue weighted by atomic mass is 16.5. The minimum Gasteiger partial charge on any atom is -0.488 e. The molecule has 0 radical (unpaired) electrons. The van der Waals surface area contributed by atoms with Gasteiger partial charge in [-0.2, -0.15) is 0 Å². The van der Waals surface area contributed by atoms with Crippen LogP contribution in [-0.4, -0.2) is 11.2 Å². The molecule has 1 aromatic carbocycles. The highest BCUT2D eigenvalue weighted by Crippen LogP contribution is 2.36. The first kappa shape index (κ1) is 15.9. The molecule has 2 nitrogen and oxygen atoms in total. The zero-order chi connectivity index (χ0) is 15.0. The van der Waals surface area contributed by atoms with Crippen molar-refractivity contribution in [2.45, 2.75) is 73.5 Å². The topological polar surface area (TPSA) is 18.5 Å². The summed E-state index contributed by atoms with van der Waals surface area (Å²) in [6.07, 6.45) is 0. The lowest BCUT2D eigenvalue weighted by Crippen LogP contribution is -2.25. The van der Waals surface area contributed by atoms with Crippen LogP contribution < -0.4 is 9.47 Å². The van der Waals surface area contributed by atoms with Gasteiger partial charge in [-0.1, -0.05) is 0 Å². The highest BCUT2D eigenvalue weighted by molar-refractivity contribution is 5.52. The average molecular weight is 264 g/mol. The molecular weight excluding hydrogens is 236 g/mol. The summed E-state index contributed by atoms with van der Waals surface area (Å²) in [6, 6.07) is 2.08. The van der Waals surface area contributed by atoms with E-state index in [1.807, 2.05) is 0 Å². The molecule has 0 atom stereocenters. The molecule has 19 heavy (non-hydrogen) atoms. The Balaban J connectivity index is 3.24. The first-order valence-electron chi connectivity index (χ1n) is 6.89. The fraction of sp³-hybridized carbons (Fsp3) is 0.647. The van der Waals surface area contributed by atoms with Gasteiger partial charge in [-0.15, -0.1) is 0 Å². The minimum absolute atomic E-state index is 0.184. The molecule has 0 bridgehead atoms. The lowest BCUT2D eigenvalue weighted by atomic mass is 10.0. The summed E-state index contributed by atoms with van der Waals surface area (Å²) < 4.78 is 12.1. The van der Waals surface area contributed by atoms with E-state index < -0.39 is 0 Å². The van der Waals surface area contributed by atoms with E-state index in [2.05, 4.69) is 68.4 Å². The summed E-state index contributed by atoms with van der Waals surface area (Å²) >= 11 is 0. The highest BCUT2D eigenvalue weighted by Gasteiger charge is 2.20. The van der Waals surface area contributed by atoms with E-state index >= 15 is 0 Å². The van der Waals surface area contributed by atoms with Gasteiger partial charge >= 0.3 is 0 Å². The van der Waals surface area contributed by atoms with Crippen LogP contribution in [-0.2, 0) is 0 Å². The Morgan fingerprint density at radius 1 is 0.737 bits per heavy atom. The summed E-state index contributed by atoms with van der Waals surface area (Å²) in [5.41, 5.74) is 3.07. The van der Waals surface area contributed by atoms with E-state index in [0.29, 0.717) is 0 Å². The maximum absolute atomic E-state index is 6.07. The van der Waals surface area contributed by atoms with E-state index in [4.69, 9.17) is 9.47 Å². The first-order valence-corrected chi connectivity index (χ1v) is 6.89.